The molecule has 1 aliphatic heterocycles. The summed E-state index contributed by atoms with van der Waals surface area (Å²) in [4.78, 5) is 14.9. The number of rotatable bonds is 7. The van der Waals surface area contributed by atoms with Crippen molar-refractivity contribution in [2.75, 3.05) is 33.1 Å². The van der Waals surface area contributed by atoms with Gasteiger partial charge in [0.05, 0.1) is 25.5 Å². The van der Waals surface area contributed by atoms with Crippen molar-refractivity contribution in [1.82, 2.24) is 9.29 Å². The molecule has 0 saturated carbocycles. The molecule has 4 rings (SSSR count). The lowest BCUT2D eigenvalue weighted by Gasteiger charge is -2.30. The zero-order chi connectivity index (χ0) is 22.9. The smallest absolute Gasteiger partial charge is 0.213 e. The summed E-state index contributed by atoms with van der Waals surface area (Å²) in [5.41, 5.74) is 4.49. The van der Waals surface area contributed by atoms with E-state index in [4.69, 9.17) is 9.47 Å². The van der Waals surface area contributed by atoms with Gasteiger partial charge in [0.2, 0.25) is 10.0 Å². The molecule has 0 radical (unpaired) electrons. The van der Waals surface area contributed by atoms with Crippen molar-refractivity contribution < 1.29 is 22.7 Å². The summed E-state index contributed by atoms with van der Waals surface area (Å²) in [6.45, 7) is 2.78. The van der Waals surface area contributed by atoms with Crippen molar-refractivity contribution in [2.45, 2.75) is 25.7 Å². The Labute approximate surface area is 188 Å². The average Bonchev–Trinajstić information content (AvgIpc) is 3.26. The molecule has 32 heavy (non-hydrogen) atoms. The van der Waals surface area contributed by atoms with E-state index in [9.17, 15) is 13.2 Å². The molecule has 0 aliphatic carbocycles. The topological polar surface area (TPSA) is 88.7 Å². The number of piperidine rings is 1. The molecule has 0 bridgehead atoms. The quantitative estimate of drug-likeness (QED) is 0.539. The van der Waals surface area contributed by atoms with Crippen LogP contribution in [-0.2, 0) is 10.0 Å². The molecule has 2 aromatic carbocycles. The van der Waals surface area contributed by atoms with Gasteiger partial charge in [0.25, 0.3) is 0 Å². The molecule has 7 nitrogen and oxygen atoms in total. The molecule has 170 valence electrons. The Bertz CT molecular complexity index is 1240. The predicted octanol–water partition coefficient (Wildman–Crippen LogP) is 4.19. The van der Waals surface area contributed by atoms with Gasteiger partial charge in [0.1, 0.15) is 0 Å². The zero-order valence-electron chi connectivity index (χ0n) is 18.6. The second kappa shape index (κ2) is 8.96. The number of methoxy groups -OCH3 is 2. The van der Waals surface area contributed by atoms with E-state index < -0.39 is 10.0 Å². The van der Waals surface area contributed by atoms with Crippen molar-refractivity contribution in [3.8, 4) is 22.6 Å². The number of H-pyrrole nitrogens is 1. The van der Waals surface area contributed by atoms with Crippen molar-refractivity contribution >= 4 is 27.2 Å². The van der Waals surface area contributed by atoms with Gasteiger partial charge in [-0.05, 0) is 66.6 Å². The number of fused-ring (bicyclic) bond motifs is 1. The van der Waals surface area contributed by atoms with Crippen molar-refractivity contribution in [3.63, 3.8) is 0 Å². The van der Waals surface area contributed by atoms with Crippen molar-refractivity contribution in [1.29, 1.82) is 0 Å². The molecule has 3 aromatic rings. The van der Waals surface area contributed by atoms with Crippen molar-refractivity contribution in [2.24, 2.45) is 0 Å². The van der Waals surface area contributed by atoms with Gasteiger partial charge < -0.3 is 14.5 Å². The van der Waals surface area contributed by atoms with E-state index in [1.165, 1.54) is 12.7 Å². The molecule has 0 atom stereocenters. The van der Waals surface area contributed by atoms with Gasteiger partial charge in [-0.2, -0.15) is 0 Å². The SMILES string of the molecule is CCS(=O)(=O)N1CCC(c2c[nH]c3ccc(-c4cc(C=O)c(OC)c(OC)c4)cc23)CC1. The Morgan fingerprint density at radius 2 is 1.84 bits per heavy atom. The normalized spacial score (nSPS) is 15.7. The first kappa shape index (κ1) is 22.4. The number of carbonyl (C=O) groups is 1. The van der Waals surface area contributed by atoms with Crippen LogP contribution in [0.15, 0.2) is 36.5 Å². The number of ether oxygens (including phenoxy) is 2. The summed E-state index contributed by atoms with van der Waals surface area (Å²) in [7, 11) is -0.0789. The van der Waals surface area contributed by atoms with Gasteiger partial charge in [-0.15, -0.1) is 0 Å². The molecule has 1 aromatic heterocycles. The molecule has 1 fully saturated rings. The van der Waals surface area contributed by atoms with Crippen LogP contribution in [0.3, 0.4) is 0 Å². The van der Waals surface area contributed by atoms with Gasteiger partial charge >= 0.3 is 0 Å². The zero-order valence-corrected chi connectivity index (χ0v) is 19.4. The third-order valence-electron chi connectivity index (χ3n) is 6.33. The number of hydrogen-bond donors (Lipinski definition) is 1. The molecular formula is C24H28N2O5S. The highest BCUT2D eigenvalue weighted by Crippen LogP contribution is 2.38. The minimum absolute atomic E-state index is 0.141. The molecule has 0 unspecified atom stereocenters. The minimum atomic E-state index is -3.14. The first-order chi connectivity index (χ1) is 15.4. The first-order valence-corrected chi connectivity index (χ1v) is 12.3. The van der Waals surface area contributed by atoms with Crippen LogP contribution in [0.2, 0.25) is 0 Å². The van der Waals surface area contributed by atoms with Crippen molar-refractivity contribution in [3.05, 3.63) is 47.7 Å². The average molecular weight is 457 g/mol. The Morgan fingerprint density at radius 3 is 2.47 bits per heavy atom. The summed E-state index contributed by atoms with van der Waals surface area (Å²) < 4.78 is 36.8. The molecule has 1 N–H and O–H groups in total. The second-order valence-corrected chi connectivity index (χ2v) is 10.3. The number of aldehydes is 1. The van der Waals surface area contributed by atoms with E-state index in [1.54, 1.807) is 24.4 Å². The first-order valence-electron chi connectivity index (χ1n) is 10.7. The van der Waals surface area contributed by atoms with Gasteiger partial charge in [-0.3, -0.25) is 4.79 Å². The fraction of sp³-hybridized carbons (Fsp3) is 0.375. The van der Waals surface area contributed by atoms with E-state index in [1.807, 2.05) is 24.4 Å². The van der Waals surface area contributed by atoms with E-state index in [0.717, 1.165) is 41.2 Å². The van der Waals surface area contributed by atoms with Crippen LogP contribution in [0.1, 0.15) is 41.6 Å². The minimum Gasteiger partial charge on any atom is -0.493 e. The number of carbonyl (C=O) groups excluding carboxylic acids is 1. The lowest BCUT2D eigenvalue weighted by molar-refractivity contribution is 0.112. The van der Waals surface area contributed by atoms with E-state index in [2.05, 4.69) is 11.1 Å². The van der Waals surface area contributed by atoms with Crippen LogP contribution in [-0.4, -0.2) is 57.1 Å². The second-order valence-electron chi connectivity index (χ2n) is 8.00. The number of hydrogen-bond acceptors (Lipinski definition) is 5. The third kappa shape index (κ3) is 4.00. The summed E-state index contributed by atoms with van der Waals surface area (Å²) in [5.74, 6) is 1.36. The highest BCUT2D eigenvalue weighted by molar-refractivity contribution is 7.89. The standard InChI is InChI=1S/C24H28N2O5S/c1-4-32(28,29)26-9-7-16(8-10-26)21-14-25-22-6-5-17(12-20(21)22)18-11-19(15-27)24(31-3)23(13-18)30-2/h5-6,11-16,25H,4,7-10H2,1-3H3. The maximum absolute atomic E-state index is 12.2. The Hall–Kier alpha value is -2.84. The van der Waals surface area contributed by atoms with E-state index in [0.29, 0.717) is 36.1 Å². The Balaban J connectivity index is 1.68. The Kier molecular flexibility index (Phi) is 6.26. The summed E-state index contributed by atoms with van der Waals surface area (Å²) in [5, 5.41) is 1.11. The maximum atomic E-state index is 12.2. The number of nitrogens with zero attached hydrogens (tertiary/aromatic N) is 1. The summed E-state index contributed by atoms with van der Waals surface area (Å²) in [6.07, 6.45) is 4.39. The summed E-state index contributed by atoms with van der Waals surface area (Å²) in [6, 6.07) is 9.83. The lowest BCUT2D eigenvalue weighted by Crippen LogP contribution is -2.38. The highest BCUT2D eigenvalue weighted by atomic mass is 32.2. The maximum Gasteiger partial charge on any atom is 0.213 e. The molecule has 1 saturated heterocycles. The molecule has 8 heteroatoms. The van der Waals surface area contributed by atoms with Crippen LogP contribution in [0.25, 0.3) is 22.0 Å². The highest BCUT2D eigenvalue weighted by Gasteiger charge is 2.28. The summed E-state index contributed by atoms with van der Waals surface area (Å²) >= 11 is 0. The largest absolute Gasteiger partial charge is 0.493 e. The fourth-order valence-corrected chi connectivity index (χ4v) is 5.67. The molecule has 0 amide bonds. The molecule has 1 aliphatic rings. The van der Waals surface area contributed by atoms with Crippen LogP contribution in [0, 0.1) is 0 Å². The predicted molar refractivity (Wildman–Crippen MR) is 125 cm³/mol. The van der Waals surface area contributed by atoms with E-state index >= 15 is 0 Å². The van der Waals surface area contributed by atoms with Gasteiger partial charge in [-0.1, -0.05) is 6.07 Å². The molecule has 2 heterocycles. The third-order valence-corrected chi connectivity index (χ3v) is 8.22. The number of aromatic nitrogens is 1. The number of sulfonamides is 1. The van der Waals surface area contributed by atoms with Gasteiger partial charge in [-0.25, -0.2) is 12.7 Å². The number of nitrogens with one attached hydrogen (secondary N) is 1. The van der Waals surface area contributed by atoms with Crippen LogP contribution in [0.5, 0.6) is 11.5 Å². The lowest BCUT2D eigenvalue weighted by atomic mass is 9.89. The van der Waals surface area contributed by atoms with E-state index in [-0.39, 0.29) is 5.75 Å². The van der Waals surface area contributed by atoms with Crippen LogP contribution < -0.4 is 9.47 Å². The monoisotopic (exact) mass is 456 g/mol. The number of benzene rings is 2. The molecular weight excluding hydrogens is 428 g/mol. The van der Waals surface area contributed by atoms with Gasteiger partial charge in [0.15, 0.2) is 17.8 Å². The fourth-order valence-electron chi connectivity index (χ4n) is 4.54. The van der Waals surface area contributed by atoms with Crippen LogP contribution in [0.4, 0.5) is 0 Å². The van der Waals surface area contributed by atoms with Crippen LogP contribution >= 0.6 is 0 Å². The number of aromatic amines is 1. The molecule has 0 spiro atoms. The van der Waals surface area contributed by atoms with Gasteiger partial charge in [0, 0.05) is 30.2 Å². The Morgan fingerprint density at radius 1 is 1.09 bits per heavy atom.